The summed E-state index contributed by atoms with van der Waals surface area (Å²) in [7, 11) is 0. The van der Waals surface area contributed by atoms with Crippen LogP contribution in [0.4, 0.5) is 5.13 Å². The molecule has 1 heterocycles. The van der Waals surface area contributed by atoms with E-state index in [1.807, 2.05) is 19.1 Å². The van der Waals surface area contributed by atoms with Gasteiger partial charge in [0, 0.05) is 4.88 Å². The zero-order valence-electron chi connectivity index (χ0n) is 6.37. The molecule has 11 heavy (non-hydrogen) atoms. The van der Waals surface area contributed by atoms with Gasteiger partial charge in [0.25, 0.3) is 0 Å². The Balaban J connectivity index is 2.93. The van der Waals surface area contributed by atoms with Gasteiger partial charge in [0.2, 0.25) is 0 Å². The van der Waals surface area contributed by atoms with E-state index in [1.165, 1.54) is 11.3 Å². The molecule has 0 saturated heterocycles. The van der Waals surface area contributed by atoms with Crippen molar-refractivity contribution in [3.8, 4) is 0 Å². The number of rotatable bonds is 2. The van der Waals surface area contributed by atoms with Crippen LogP contribution in [-0.2, 0) is 0 Å². The highest BCUT2D eigenvalue weighted by atomic mass is 32.1. The molecule has 0 saturated carbocycles. The van der Waals surface area contributed by atoms with Gasteiger partial charge in [-0.2, -0.15) is 0 Å². The minimum absolute atomic E-state index is 0.617. The molecule has 0 spiro atoms. The Morgan fingerprint density at radius 3 is 2.82 bits per heavy atom. The average molecular weight is 166 g/mol. The number of thiazole rings is 1. The normalized spacial score (nSPS) is 10.6. The zero-order valence-corrected chi connectivity index (χ0v) is 7.19. The lowest BCUT2D eigenvalue weighted by molar-refractivity contribution is 1.35. The Hall–Kier alpha value is -1.09. The average Bonchev–Trinajstić information content (AvgIpc) is 2.26. The summed E-state index contributed by atoms with van der Waals surface area (Å²) >= 11 is 1.50. The van der Waals surface area contributed by atoms with Crippen LogP contribution in [0.5, 0.6) is 0 Å². The van der Waals surface area contributed by atoms with Gasteiger partial charge >= 0.3 is 0 Å². The van der Waals surface area contributed by atoms with Gasteiger partial charge in [-0.15, -0.1) is 11.3 Å². The summed E-state index contributed by atoms with van der Waals surface area (Å²) in [5.41, 5.74) is 6.44. The van der Waals surface area contributed by atoms with E-state index in [9.17, 15) is 0 Å². The summed E-state index contributed by atoms with van der Waals surface area (Å²) < 4.78 is 0. The van der Waals surface area contributed by atoms with Crippen LogP contribution in [0.1, 0.15) is 10.6 Å². The highest BCUT2D eigenvalue weighted by molar-refractivity contribution is 7.15. The minimum Gasteiger partial charge on any atom is -0.375 e. The Morgan fingerprint density at radius 1 is 1.64 bits per heavy atom. The van der Waals surface area contributed by atoms with Crippen molar-refractivity contribution in [1.29, 1.82) is 0 Å². The van der Waals surface area contributed by atoms with E-state index >= 15 is 0 Å². The van der Waals surface area contributed by atoms with Crippen molar-refractivity contribution in [2.24, 2.45) is 0 Å². The van der Waals surface area contributed by atoms with Gasteiger partial charge in [-0.25, -0.2) is 4.98 Å². The van der Waals surface area contributed by atoms with Gasteiger partial charge in [0.15, 0.2) is 5.13 Å². The van der Waals surface area contributed by atoms with Gasteiger partial charge in [-0.05, 0) is 13.0 Å². The third-order valence-electron chi connectivity index (χ3n) is 1.24. The standard InChI is InChI=1S/C8H10N2S/c1-3-4-5-7-6(2)11-8(9)10-7/h3-5H,1H2,2H3,(H2,9,10)/b5-4-. The quantitative estimate of drug-likeness (QED) is 0.684. The van der Waals surface area contributed by atoms with Gasteiger partial charge < -0.3 is 5.73 Å². The van der Waals surface area contributed by atoms with Crippen LogP contribution in [0.15, 0.2) is 18.7 Å². The summed E-state index contributed by atoms with van der Waals surface area (Å²) in [5, 5.41) is 0.617. The molecule has 0 aliphatic carbocycles. The third kappa shape index (κ3) is 1.91. The summed E-state index contributed by atoms with van der Waals surface area (Å²) in [4.78, 5) is 5.25. The summed E-state index contributed by atoms with van der Waals surface area (Å²) in [6, 6.07) is 0. The van der Waals surface area contributed by atoms with E-state index in [0.29, 0.717) is 5.13 Å². The van der Waals surface area contributed by atoms with Crippen molar-refractivity contribution in [3.63, 3.8) is 0 Å². The van der Waals surface area contributed by atoms with Crippen molar-refractivity contribution in [2.75, 3.05) is 5.73 Å². The van der Waals surface area contributed by atoms with Crippen molar-refractivity contribution < 1.29 is 0 Å². The Morgan fingerprint density at radius 2 is 2.36 bits per heavy atom. The topological polar surface area (TPSA) is 38.9 Å². The van der Waals surface area contributed by atoms with Gasteiger partial charge in [-0.1, -0.05) is 18.7 Å². The molecule has 0 radical (unpaired) electrons. The lowest BCUT2D eigenvalue weighted by atomic mass is 10.3. The first-order chi connectivity index (χ1) is 5.24. The Kier molecular flexibility index (Phi) is 2.44. The molecular formula is C8H10N2S. The van der Waals surface area contributed by atoms with Gasteiger partial charge in [0.05, 0.1) is 5.69 Å². The number of hydrogen-bond acceptors (Lipinski definition) is 3. The Labute approximate surface area is 70.1 Å². The molecule has 0 unspecified atom stereocenters. The van der Waals surface area contributed by atoms with Crippen LogP contribution in [0.3, 0.4) is 0 Å². The number of hydrogen-bond donors (Lipinski definition) is 1. The number of anilines is 1. The zero-order chi connectivity index (χ0) is 8.27. The van der Waals surface area contributed by atoms with Gasteiger partial charge in [-0.3, -0.25) is 0 Å². The lowest BCUT2D eigenvalue weighted by Gasteiger charge is -1.83. The highest BCUT2D eigenvalue weighted by Gasteiger charge is 1.99. The van der Waals surface area contributed by atoms with E-state index in [-0.39, 0.29) is 0 Å². The second-order valence-electron chi connectivity index (χ2n) is 2.09. The molecular weight excluding hydrogens is 156 g/mol. The van der Waals surface area contributed by atoms with Crippen molar-refractivity contribution in [3.05, 3.63) is 29.3 Å². The van der Waals surface area contributed by atoms with Crippen LogP contribution in [0, 0.1) is 6.92 Å². The first-order valence-electron chi connectivity index (χ1n) is 3.26. The summed E-state index contributed by atoms with van der Waals surface area (Å²) in [6.07, 6.45) is 5.46. The number of aromatic nitrogens is 1. The molecule has 1 aromatic rings. The number of nitrogens with two attached hydrogens (primary N) is 1. The van der Waals surface area contributed by atoms with Crippen LogP contribution in [-0.4, -0.2) is 4.98 Å². The third-order valence-corrected chi connectivity index (χ3v) is 2.05. The van der Waals surface area contributed by atoms with Crippen LogP contribution in [0.2, 0.25) is 0 Å². The maximum absolute atomic E-state index is 5.50. The van der Waals surface area contributed by atoms with E-state index in [2.05, 4.69) is 11.6 Å². The summed E-state index contributed by atoms with van der Waals surface area (Å²) in [5.74, 6) is 0. The molecule has 3 heteroatoms. The van der Waals surface area contributed by atoms with Crippen molar-refractivity contribution in [2.45, 2.75) is 6.92 Å². The molecule has 1 aromatic heterocycles. The van der Waals surface area contributed by atoms with E-state index in [4.69, 9.17) is 5.73 Å². The van der Waals surface area contributed by atoms with E-state index < -0.39 is 0 Å². The fourth-order valence-corrected chi connectivity index (χ4v) is 1.42. The fraction of sp³-hybridized carbons (Fsp3) is 0.125. The Bertz CT molecular complexity index is 286. The first kappa shape index (κ1) is 8.01. The number of nitrogen functional groups attached to an aromatic ring is 1. The van der Waals surface area contributed by atoms with E-state index in [0.717, 1.165) is 10.6 Å². The second-order valence-corrected chi connectivity index (χ2v) is 3.32. The van der Waals surface area contributed by atoms with Crippen LogP contribution in [0.25, 0.3) is 6.08 Å². The molecule has 2 nitrogen and oxygen atoms in total. The molecule has 2 N–H and O–H groups in total. The fourth-order valence-electron chi connectivity index (χ4n) is 0.743. The number of nitrogens with zero attached hydrogens (tertiary/aromatic N) is 1. The predicted molar refractivity (Wildman–Crippen MR) is 50.5 cm³/mol. The first-order valence-corrected chi connectivity index (χ1v) is 4.07. The molecule has 0 atom stereocenters. The maximum atomic E-state index is 5.50. The molecule has 0 amide bonds. The van der Waals surface area contributed by atoms with Crippen LogP contribution >= 0.6 is 11.3 Å². The molecule has 0 fully saturated rings. The minimum atomic E-state index is 0.617. The molecule has 0 aliphatic heterocycles. The molecule has 58 valence electrons. The lowest BCUT2D eigenvalue weighted by Crippen LogP contribution is -1.81. The maximum Gasteiger partial charge on any atom is 0.180 e. The second kappa shape index (κ2) is 3.34. The monoisotopic (exact) mass is 166 g/mol. The molecule has 0 bridgehead atoms. The SMILES string of the molecule is C=C/C=C\c1nc(N)sc1C. The molecule has 0 aliphatic rings. The number of aryl methyl sites for hydroxylation is 1. The molecule has 0 aromatic carbocycles. The largest absolute Gasteiger partial charge is 0.375 e. The van der Waals surface area contributed by atoms with Gasteiger partial charge in [0.1, 0.15) is 0 Å². The molecule has 1 rings (SSSR count). The number of allylic oxidation sites excluding steroid dienone is 2. The highest BCUT2D eigenvalue weighted by Crippen LogP contribution is 2.19. The van der Waals surface area contributed by atoms with Crippen molar-refractivity contribution >= 4 is 22.5 Å². The smallest absolute Gasteiger partial charge is 0.180 e. The van der Waals surface area contributed by atoms with E-state index in [1.54, 1.807) is 6.08 Å². The van der Waals surface area contributed by atoms with Crippen molar-refractivity contribution in [1.82, 2.24) is 4.98 Å². The van der Waals surface area contributed by atoms with Crippen LogP contribution < -0.4 is 5.73 Å². The summed E-state index contributed by atoms with van der Waals surface area (Å²) in [6.45, 7) is 5.57. The predicted octanol–water partition coefficient (Wildman–Crippen LogP) is 2.23.